The molecule has 1 aromatic rings. The third kappa shape index (κ3) is 2.99. The van der Waals surface area contributed by atoms with Crippen LogP contribution in [0.25, 0.3) is 0 Å². The molecule has 0 aliphatic carbocycles. The fourth-order valence-electron chi connectivity index (χ4n) is 3.71. The Kier molecular flexibility index (Phi) is 4.88. The second kappa shape index (κ2) is 7.16. The predicted octanol–water partition coefficient (Wildman–Crippen LogP) is 1.35. The summed E-state index contributed by atoms with van der Waals surface area (Å²) in [6.45, 7) is -0.215. The van der Waals surface area contributed by atoms with E-state index in [2.05, 4.69) is 11.8 Å². The van der Waals surface area contributed by atoms with Crippen molar-refractivity contribution in [3.8, 4) is 17.6 Å². The van der Waals surface area contributed by atoms with Gasteiger partial charge in [0.05, 0.1) is 13.2 Å². The van der Waals surface area contributed by atoms with E-state index in [0.717, 1.165) is 11.3 Å². The monoisotopic (exact) mass is 362 g/mol. The molecule has 26 heavy (non-hydrogen) atoms. The van der Waals surface area contributed by atoms with Gasteiger partial charge >= 0.3 is 0 Å². The fraction of sp³-hybridized carbons (Fsp3) is 0.579. The van der Waals surface area contributed by atoms with Crippen LogP contribution in [0.1, 0.15) is 24.7 Å². The maximum Gasteiger partial charge on any atom is 0.193 e. The highest BCUT2D eigenvalue weighted by Gasteiger charge is 2.65. The van der Waals surface area contributed by atoms with E-state index in [9.17, 15) is 0 Å². The van der Waals surface area contributed by atoms with Crippen molar-refractivity contribution in [1.82, 2.24) is 0 Å². The van der Waals surface area contributed by atoms with Crippen LogP contribution >= 0.6 is 0 Å². The van der Waals surface area contributed by atoms with Gasteiger partial charge < -0.3 is 33.5 Å². The number of aliphatic hydroxyl groups is 1. The zero-order valence-electron chi connectivity index (χ0n) is 14.7. The van der Waals surface area contributed by atoms with Gasteiger partial charge in [0, 0.05) is 25.5 Å². The third-order valence-electron chi connectivity index (χ3n) is 5.03. The second-order valence-electron chi connectivity index (χ2n) is 6.48. The maximum atomic E-state index is 8.94. The van der Waals surface area contributed by atoms with Gasteiger partial charge in [-0.3, -0.25) is 0 Å². The topological polar surface area (TPSA) is 75.6 Å². The number of ether oxygens (including phenoxy) is 6. The Morgan fingerprint density at radius 1 is 1.19 bits per heavy atom. The summed E-state index contributed by atoms with van der Waals surface area (Å²) in [6, 6.07) is 7.57. The standard InChI is InChI=1S/C19H22O7/c1-21-13-7-5-12(6-8-13)17-24-15-10-14(4-3-9-20)23-18-19(15,26-17)11-16(22-2)25-18/h5-8,14-18,20H,9-11H2,1-2H3/t14-,15+,16-,17+,18-,19+/m1/s1. The number of hydrogen-bond donors (Lipinski definition) is 1. The van der Waals surface area contributed by atoms with Crippen LogP contribution in [-0.2, 0) is 23.7 Å². The van der Waals surface area contributed by atoms with E-state index in [1.807, 2.05) is 24.3 Å². The summed E-state index contributed by atoms with van der Waals surface area (Å²) in [5.41, 5.74) is 0.162. The molecule has 0 unspecified atom stereocenters. The molecule has 0 bridgehead atoms. The Bertz CT molecular complexity index is 694. The number of hydrogen-bond acceptors (Lipinski definition) is 7. The van der Waals surface area contributed by atoms with E-state index < -0.39 is 24.5 Å². The lowest BCUT2D eigenvalue weighted by Gasteiger charge is -2.38. The Balaban J connectivity index is 1.59. The quantitative estimate of drug-likeness (QED) is 0.814. The molecule has 6 atom stereocenters. The Labute approximate surface area is 152 Å². The number of aliphatic hydroxyl groups excluding tert-OH is 1. The van der Waals surface area contributed by atoms with Crippen molar-refractivity contribution in [2.24, 2.45) is 0 Å². The molecule has 7 nitrogen and oxygen atoms in total. The molecule has 3 aliphatic rings. The van der Waals surface area contributed by atoms with Gasteiger partial charge in [0.25, 0.3) is 0 Å². The summed E-state index contributed by atoms with van der Waals surface area (Å²) in [4.78, 5) is 0. The van der Waals surface area contributed by atoms with E-state index in [4.69, 9.17) is 33.5 Å². The summed E-state index contributed by atoms with van der Waals surface area (Å²) in [7, 11) is 3.22. The van der Waals surface area contributed by atoms with E-state index >= 15 is 0 Å². The van der Waals surface area contributed by atoms with Crippen molar-refractivity contribution < 1.29 is 33.5 Å². The van der Waals surface area contributed by atoms with Crippen LogP contribution in [-0.4, -0.2) is 56.3 Å². The van der Waals surface area contributed by atoms with Crippen LogP contribution in [0.2, 0.25) is 0 Å². The molecule has 3 aliphatic heterocycles. The summed E-state index contributed by atoms with van der Waals surface area (Å²) >= 11 is 0. The van der Waals surface area contributed by atoms with Crippen molar-refractivity contribution in [2.75, 3.05) is 20.8 Å². The molecule has 3 heterocycles. The molecule has 3 saturated heterocycles. The molecule has 3 fully saturated rings. The molecule has 140 valence electrons. The van der Waals surface area contributed by atoms with E-state index in [0.29, 0.717) is 12.8 Å². The first-order chi connectivity index (χ1) is 12.7. The lowest BCUT2D eigenvalue weighted by atomic mass is 9.87. The van der Waals surface area contributed by atoms with Crippen molar-refractivity contribution in [3.63, 3.8) is 0 Å². The van der Waals surface area contributed by atoms with Gasteiger partial charge in [0.15, 0.2) is 24.5 Å². The van der Waals surface area contributed by atoms with Gasteiger partial charge in [-0.15, -0.1) is 0 Å². The molecule has 4 rings (SSSR count). The number of methoxy groups -OCH3 is 2. The van der Waals surface area contributed by atoms with Crippen LogP contribution in [0.15, 0.2) is 24.3 Å². The molecule has 0 radical (unpaired) electrons. The largest absolute Gasteiger partial charge is 0.497 e. The molecule has 7 heteroatoms. The smallest absolute Gasteiger partial charge is 0.193 e. The maximum absolute atomic E-state index is 8.94. The number of benzene rings is 1. The molecule has 0 aromatic heterocycles. The van der Waals surface area contributed by atoms with Gasteiger partial charge in [0.2, 0.25) is 0 Å². The van der Waals surface area contributed by atoms with Crippen LogP contribution in [0.5, 0.6) is 5.75 Å². The van der Waals surface area contributed by atoms with Gasteiger partial charge in [-0.05, 0) is 12.1 Å². The van der Waals surface area contributed by atoms with Gasteiger partial charge in [-0.25, -0.2) is 0 Å². The SMILES string of the molecule is COc1ccc([C@H]2O[C@H]3C[C@@H](C#CCO)O[C@@H]4O[C@@H](OC)C[C@@]43O2)cc1. The average molecular weight is 362 g/mol. The molecule has 0 saturated carbocycles. The van der Waals surface area contributed by atoms with E-state index in [1.165, 1.54) is 0 Å². The minimum absolute atomic E-state index is 0.215. The summed E-state index contributed by atoms with van der Waals surface area (Å²) < 4.78 is 34.9. The highest BCUT2D eigenvalue weighted by atomic mass is 16.8. The van der Waals surface area contributed by atoms with E-state index in [1.54, 1.807) is 14.2 Å². The van der Waals surface area contributed by atoms with Crippen molar-refractivity contribution in [1.29, 1.82) is 0 Å². The predicted molar refractivity (Wildman–Crippen MR) is 89.1 cm³/mol. The first kappa shape index (κ1) is 17.7. The third-order valence-corrected chi connectivity index (χ3v) is 5.03. The van der Waals surface area contributed by atoms with Crippen LogP contribution in [0.3, 0.4) is 0 Å². The van der Waals surface area contributed by atoms with Crippen LogP contribution in [0, 0.1) is 11.8 Å². The second-order valence-corrected chi connectivity index (χ2v) is 6.48. The molecule has 1 aromatic carbocycles. The molecule has 1 spiro atoms. The first-order valence-electron chi connectivity index (χ1n) is 8.58. The molecular weight excluding hydrogens is 340 g/mol. The van der Waals surface area contributed by atoms with Crippen LogP contribution in [0.4, 0.5) is 0 Å². The summed E-state index contributed by atoms with van der Waals surface area (Å²) in [5.74, 6) is 6.31. The zero-order chi connectivity index (χ0) is 18.1. The van der Waals surface area contributed by atoms with Crippen LogP contribution < -0.4 is 4.74 Å². The Hall–Kier alpha value is -1.66. The fourth-order valence-corrected chi connectivity index (χ4v) is 3.71. The molecular formula is C19H22O7. The molecule has 1 N–H and O–H groups in total. The highest BCUT2D eigenvalue weighted by Crippen LogP contribution is 2.52. The first-order valence-corrected chi connectivity index (χ1v) is 8.58. The number of rotatable bonds is 3. The van der Waals surface area contributed by atoms with Gasteiger partial charge in [-0.2, -0.15) is 0 Å². The minimum atomic E-state index is -0.733. The summed E-state index contributed by atoms with van der Waals surface area (Å²) in [6.07, 6.45) is -1.16. The Morgan fingerprint density at radius 2 is 2.00 bits per heavy atom. The highest BCUT2D eigenvalue weighted by molar-refractivity contribution is 5.28. The normalized spacial score (nSPS) is 38.2. The van der Waals surface area contributed by atoms with Gasteiger partial charge in [0.1, 0.15) is 18.5 Å². The van der Waals surface area contributed by atoms with Crippen molar-refractivity contribution in [3.05, 3.63) is 29.8 Å². The lowest BCUT2D eigenvalue weighted by molar-refractivity contribution is -0.263. The lowest BCUT2D eigenvalue weighted by Crippen LogP contribution is -2.54. The van der Waals surface area contributed by atoms with Gasteiger partial charge in [-0.1, -0.05) is 24.0 Å². The summed E-state index contributed by atoms with van der Waals surface area (Å²) in [5, 5.41) is 8.94. The average Bonchev–Trinajstić information content (AvgIpc) is 3.23. The van der Waals surface area contributed by atoms with Crippen molar-refractivity contribution in [2.45, 2.75) is 49.5 Å². The Morgan fingerprint density at radius 3 is 2.69 bits per heavy atom. The van der Waals surface area contributed by atoms with E-state index in [-0.39, 0.29) is 18.8 Å². The molecule has 0 amide bonds. The van der Waals surface area contributed by atoms with Crippen molar-refractivity contribution >= 4 is 0 Å². The minimum Gasteiger partial charge on any atom is -0.497 e. The zero-order valence-corrected chi connectivity index (χ0v) is 14.7.